The quantitative estimate of drug-likeness (QED) is 0.176. The summed E-state index contributed by atoms with van der Waals surface area (Å²) in [5, 5.41) is 5.17. The van der Waals surface area contributed by atoms with Crippen LogP contribution in [0.1, 0.15) is 25.0 Å². The van der Waals surface area contributed by atoms with Crippen LogP contribution in [0.4, 0.5) is 0 Å². The summed E-state index contributed by atoms with van der Waals surface area (Å²) in [4.78, 5) is 10.5. The lowest BCUT2D eigenvalue weighted by Gasteiger charge is -2.22. The lowest BCUT2D eigenvalue weighted by atomic mass is 9.82. The van der Waals surface area contributed by atoms with Gasteiger partial charge in [0.25, 0.3) is 0 Å². The first-order valence-corrected chi connectivity index (χ1v) is 20.0. The Morgan fingerprint density at radius 2 is 0.964 bits per heavy atom. The van der Waals surface area contributed by atoms with Crippen molar-refractivity contribution in [3.63, 3.8) is 0 Å². The minimum absolute atomic E-state index is 0.109. The molecule has 11 rings (SSSR count). The molecule has 0 saturated heterocycles. The molecule has 0 aliphatic heterocycles. The Bertz CT molecular complexity index is 3160. The van der Waals surface area contributed by atoms with Crippen molar-refractivity contribution >= 4 is 42.3 Å². The average Bonchev–Trinajstić information content (AvgIpc) is 3.73. The van der Waals surface area contributed by atoms with E-state index in [1.165, 1.54) is 64.3 Å². The van der Waals surface area contributed by atoms with E-state index in [1.54, 1.807) is 0 Å². The van der Waals surface area contributed by atoms with Gasteiger partial charge in [-0.15, -0.1) is 11.3 Å². The summed E-state index contributed by atoms with van der Waals surface area (Å²) in [6.07, 6.45) is 0. The van der Waals surface area contributed by atoms with Crippen LogP contribution in [0.3, 0.4) is 0 Å². The van der Waals surface area contributed by atoms with Crippen molar-refractivity contribution in [1.29, 1.82) is 0 Å². The zero-order valence-corrected chi connectivity index (χ0v) is 31.9. The minimum Gasteiger partial charge on any atom is -0.228 e. The van der Waals surface area contributed by atoms with Gasteiger partial charge >= 0.3 is 0 Å². The van der Waals surface area contributed by atoms with Crippen molar-refractivity contribution in [3.8, 4) is 67.3 Å². The van der Waals surface area contributed by atoms with Gasteiger partial charge in [-0.25, -0.2) is 9.97 Å². The number of hydrogen-bond donors (Lipinski definition) is 0. The second-order valence-corrected chi connectivity index (χ2v) is 16.5. The van der Waals surface area contributed by atoms with Gasteiger partial charge in [-0.3, -0.25) is 0 Å². The summed E-state index contributed by atoms with van der Waals surface area (Å²) < 4.78 is 2.60. The van der Waals surface area contributed by atoms with E-state index in [2.05, 4.69) is 190 Å². The van der Waals surface area contributed by atoms with Crippen LogP contribution in [-0.2, 0) is 5.41 Å². The minimum atomic E-state index is -0.109. The summed E-state index contributed by atoms with van der Waals surface area (Å²) in [6, 6.07) is 66.0. The highest BCUT2D eigenvalue weighted by Gasteiger charge is 2.35. The van der Waals surface area contributed by atoms with E-state index in [1.807, 2.05) is 17.4 Å². The second kappa shape index (κ2) is 12.7. The Morgan fingerprint density at radius 3 is 1.75 bits per heavy atom. The van der Waals surface area contributed by atoms with Gasteiger partial charge in [0, 0.05) is 42.3 Å². The molecule has 0 N–H and O–H groups in total. The van der Waals surface area contributed by atoms with Gasteiger partial charge < -0.3 is 0 Å². The van der Waals surface area contributed by atoms with E-state index in [4.69, 9.17) is 9.97 Å². The highest BCUT2D eigenvalue weighted by atomic mass is 32.1. The maximum Gasteiger partial charge on any atom is 0.160 e. The van der Waals surface area contributed by atoms with Crippen molar-refractivity contribution in [2.45, 2.75) is 19.3 Å². The van der Waals surface area contributed by atoms with E-state index in [0.717, 1.165) is 39.2 Å². The number of nitrogens with zero attached hydrogens (tertiary/aromatic N) is 2. The van der Waals surface area contributed by atoms with Crippen LogP contribution in [-0.4, -0.2) is 9.97 Å². The van der Waals surface area contributed by atoms with Crippen LogP contribution in [0, 0.1) is 0 Å². The molecule has 2 nitrogen and oxygen atoms in total. The summed E-state index contributed by atoms with van der Waals surface area (Å²) in [5.41, 5.74) is 14.8. The zero-order chi connectivity index (χ0) is 37.4. The first-order valence-electron chi connectivity index (χ1n) is 19.2. The van der Waals surface area contributed by atoms with E-state index >= 15 is 0 Å². The van der Waals surface area contributed by atoms with Crippen LogP contribution in [0.2, 0.25) is 0 Å². The SMILES string of the molecule is CC1(C)c2ccccc2-c2ccc(-c3cc(-c4cc(-c5ccccc5)cc(-c5ccc6c(c5)sc5cc7ccccc7cc56)c4)nc(-c4ccccc4)n3)cc21. The van der Waals surface area contributed by atoms with Crippen molar-refractivity contribution in [1.82, 2.24) is 9.97 Å². The van der Waals surface area contributed by atoms with Crippen molar-refractivity contribution in [3.05, 3.63) is 193 Å². The first-order chi connectivity index (χ1) is 27.5. The molecule has 0 unspecified atom stereocenters. The summed E-state index contributed by atoms with van der Waals surface area (Å²) >= 11 is 1.87. The lowest BCUT2D eigenvalue weighted by molar-refractivity contribution is 0.660. The third kappa shape index (κ3) is 5.38. The van der Waals surface area contributed by atoms with Gasteiger partial charge in [0.15, 0.2) is 5.82 Å². The molecular formula is C53H36N2S. The Hall–Kier alpha value is -6.68. The zero-order valence-electron chi connectivity index (χ0n) is 31.1. The molecule has 0 saturated carbocycles. The number of rotatable bonds is 5. The van der Waals surface area contributed by atoms with Crippen LogP contribution in [0.5, 0.6) is 0 Å². The molecular weight excluding hydrogens is 697 g/mol. The highest BCUT2D eigenvalue weighted by Crippen LogP contribution is 2.49. The van der Waals surface area contributed by atoms with Crippen LogP contribution in [0.25, 0.3) is 98.2 Å². The number of benzene rings is 8. The molecule has 0 fully saturated rings. The maximum atomic E-state index is 5.30. The average molecular weight is 733 g/mol. The van der Waals surface area contributed by atoms with Crippen molar-refractivity contribution < 1.29 is 0 Å². The molecule has 264 valence electrons. The third-order valence-electron chi connectivity index (χ3n) is 11.6. The molecule has 1 aliphatic rings. The molecule has 0 radical (unpaired) electrons. The van der Waals surface area contributed by atoms with Gasteiger partial charge in [-0.2, -0.15) is 0 Å². The molecule has 10 aromatic rings. The molecule has 2 aromatic heterocycles. The van der Waals surface area contributed by atoms with Crippen molar-refractivity contribution in [2.24, 2.45) is 0 Å². The number of thiophene rings is 1. The molecule has 0 amide bonds. The second-order valence-electron chi connectivity index (χ2n) is 15.4. The van der Waals surface area contributed by atoms with Gasteiger partial charge in [-0.05, 0) is 104 Å². The molecule has 2 heterocycles. The molecule has 3 heteroatoms. The van der Waals surface area contributed by atoms with Gasteiger partial charge in [0.05, 0.1) is 11.4 Å². The monoisotopic (exact) mass is 732 g/mol. The van der Waals surface area contributed by atoms with Crippen LogP contribution in [0.15, 0.2) is 182 Å². The standard InChI is InChI=1S/C53H36N2S/c1-53(2)46-20-12-11-19-42(46)43-23-22-38(29-47(43)53)48-32-49(55-52(54-48)34-15-7-4-8-16-34)41-26-39(33-13-5-3-6-14-33)25-40(27-41)37-21-24-44-45-28-35-17-9-10-18-36(35)30-51(45)56-50(44)31-37/h3-32H,1-2H3. The maximum absolute atomic E-state index is 5.30. The van der Waals surface area contributed by atoms with E-state index < -0.39 is 0 Å². The molecule has 56 heavy (non-hydrogen) atoms. The summed E-state index contributed by atoms with van der Waals surface area (Å²) in [7, 11) is 0. The van der Waals surface area contributed by atoms with E-state index in [-0.39, 0.29) is 5.41 Å². The topological polar surface area (TPSA) is 25.8 Å². The molecule has 1 aliphatic carbocycles. The Labute approximate surface area is 330 Å². The van der Waals surface area contributed by atoms with Gasteiger partial charge in [0.2, 0.25) is 0 Å². The van der Waals surface area contributed by atoms with E-state index in [0.29, 0.717) is 5.82 Å². The predicted molar refractivity (Wildman–Crippen MR) is 237 cm³/mol. The fourth-order valence-electron chi connectivity index (χ4n) is 8.70. The van der Waals surface area contributed by atoms with Gasteiger partial charge in [0.1, 0.15) is 0 Å². The molecule has 0 bridgehead atoms. The third-order valence-corrected chi connectivity index (χ3v) is 12.8. The predicted octanol–water partition coefficient (Wildman–Crippen LogP) is 14.6. The normalized spacial score (nSPS) is 13.0. The number of fused-ring (bicyclic) bond motifs is 7. The summed E-state index contributed by atoms with van der Waals surface area (Å²) in [5.74, 6) is 0.715. The fraction of sp³-hybridized carbons (Fsp3) is 0.0566. The van der Waals surface area contributed by atoms with E-state index in [9.17, 15) is 0 Å². The van der Waals surface area contributed by atoms with Crippen LogP contribution >= 0.6 is 11.3 Å². The number of aromatic nitrogens is 2. The summed E-state index contributed by atoms with van der Waals surface area (Å²) in [6.45, 7) is 4.66. The Morgan fingerprint density at radius 1 is 0.375 bits per heavy atom. The lowest BCUT2D eigenvalue weighted by Crippen LogP contribution is -2.14. The molecule has 0 spiro atoms. The highest BCUT2D eigenvalue weighted by molar-refractivity contribution is 7.25. The largest absolute Gasteiger partial charge is 0.228 e. The molecule has 0 atom stereocenters. The van der Waals surface area contributed by atoms with Crippen LogP contribution < -0.4 is 0 Å². The number of hydrogen-bond acceptors (Lipinski definition) is 3. The Kier molecular flexibility index (Phi) is 7.42. The Balaban J connectivity index is 1.09. The molecule has 8 aromatic carbocycles. The fourth-order valence-corrected chi connectivity index (χ4v) is 9.88. The van der Waals surface area contributed by atoms with Crippen molar-refractivity contribution in [2.75, 3.05) is 0 Å². The first kappa shape index (κ1) is 32.7. The van der Waals surface area contributed by atoms with Gasteiger partial charge in [-0.1, -0.05) is 147 Å². The smallest absolute Gasteiger partial charge is 0.160 e.